The lowest BCUT2D eigenvalue weighted by Gasteiger charge is -2.43. The molecule has 0 aliphatic carbocycles. The molecule has 0 aliphatic rings. The first-order valence-electron chi connectivity index (χ1n) is 13.4. The second kappa shape index (κ2) is 13.2. The molecule has 0 spiro atoms. The van der Waals surface area contributed by atoms with E-state index in [1.165, 1.54) is 10.4 Å². The number of benzene rings is 3. The number of aliphatic hydroxyl groups excluding tert-OH is 2. The van der Waals surface area contributed by atoms with Gasteiger partial charge >= 0.3 is 0 Å². The van der Waals surface area contributed by atoms with Crippen molar-refractivity contribution in [2.45, 2.75) is 64.7 Å². The molecule has 3 rings (SSSR count). The van der Waals surface area contributed by atoms with E-state index in [1.807, 2.05) is 32.1 Å². The third kappa shape index (κ3) is 7.34. The standard InChI is InChI=1S/C33H42O4Si/c1-25(2)32(36)23-26(13-12-18-31(35)27-19-21-28(34)22-20-27)24-37-38(33(3,4)5,29-14-8-6-9-15-29)30-16-10-7-11-17-30/h6-12,14-17,19-22,25,31-32,34-36H,18,23-24H2,1-5H3/t13?,31-,32-/m1/s1. The third-order valence-electron chi connectivity index (χ3n) is 7.03. The monoisotopic (exact) mass is 530 g/mol. The van der Waals surface area contributed by atoms with Crippen LogP contribution in [0.4, 0.5) is 0 Å². The van der Waals surface area contributed by atoms with E-state index in [-0.39, 0.29) is 16.7 Å². The van der Waals surface area contributed by atoms with Gasteiger partial charge in [0.05, 0.1) is 18.8 Å². The minimum Gasteiger partial charge on any atom is -0.508 e. The second-order valence-corrected chi connectivity index (χ2v) is 15.6. The summed E-state index contributed by atoms with van der Waals surface area (Å²) in [5.74, 6) is 0.268. The molecular weight excluding hydrogens is 488 g/mol. The number of aromatic hydroxyl groups is 1. The Morgan fingerprint density at radius 1 is 0.868 bits per heavy atom. The lowest BCUT2D eigenvalue weighted by atomic mass is 10.00. The Bertz CT molecular complexity index is 1150. The Hall–Kier alpha value is -2.92. The van der Waals surface area contributed by atoms with Crippen LogP contribution < -0.4 is 10.4 Å². The molecule has 0 fully saturated rings. The van der Waals surface area contributed by atoms with Gasteiger partial charge in [-0.05, 0) is 50.7 Å². The fraction of sp³-hybridized carbons (Fsp3) is 0.364. The van der Waals surface area contributed by atoms with Crippen molar-refractivity contribution in [2.75, 3.05) is 6.61 Å². The van der Waals surface area contributed by atoms with Gasteiger partial charge < -0.3 is 19.7 Å². The number of phenolic OH excluding ortho intramolecular Hbond substituents is 1. The molecule has 0 amide bonds. The predicted octanol–water partition coefficient (Wildman–Crippen LogP) is 5.88. The molecule has 0 aromatic heterocycles. The van der Waals surface area contributed by atoms with Crippen molar-refractivity contribution in [3.63, 3.8) is 0 Å². The molecule has 2 atom stereocenters. The van der Waals surface area contributed by atoms with E-state index in [9.17, 15) is 15.3 Å². The van der Waals surface area contributed by atoms with Gasteiger partial charge in [-0.3, -0.25) is 0 Å². The molecule has 0 saturated heterocycles. The first kappa shape index (κ1) is 29.6. The fourth-order valence-corrected chi connectivity index (χ4v) is 9.30. The molecule has 0 unspecified atom stereocenters. The Morgan fingerprint density at radius 2 is 1.39 bits per heavy atom. The lowest BCUT2D eigenvalue weighted by Crippen LogP contribution is -2.66. The maximum Gasteiger partial charge on any atom is 0.261 e. The zero-order valence-electron chi connectivity index (χ0n) is 23.3. The summed E-state index contributed by atoms with van der Waals surface area (Å²) in [5, 5.41) is 33.1. The van der Waals surface area contributed by atoms with Crippen molar-refractivity contribution in [1.82, 2.24) is 0 Å². The Morgan fingerprint density at radius 3 is 1.87 bits per heavy atom. The molecule has 0 saturated carbocycles. The van der Waals surface area contributed by atoms with Crippen LogP contribution in [0, 0.1) is 5.92 Å². The summed E-state index contributed by atoms with van der Waals surface area (Å²) in [4.78, 5) is 0. The first-order valence-corrected chi connectivity index (χ1v) is 15.3. The zero-order valence-corrected chi connectivity index (χ0v) is 24.3. The van der Waals surface area contributed by atoms with Crippen LogP contribution in [-0.4, -0.2) is 36.3 Å². The van der Waals surface area contributed by atoms with Crippen LogP contribution in [0.15, 0.2) is 102 Å². The molecular formula is C33H42O4Si. The molecule has 0 heterocycles. The maximum atomic E-state index is 10.7. The summed E-state index contributed by atoms with van der Waals surface area (Å²) in [5.41, 5.74) is 4.97. The van der Waals surface area contributed by atoms with E-state index in [1.54, 1.807) is 24.3 Å². The van der Waals surface area contributed by atoms with Gasteiger partial charge in [-0.25, -0.2) is 0 Å². The molecule has 5 heteroatoms. The average molecular weight is 531 g/mol. The van der Waals surface area contributed by atoms with Crippen LogP contribution in [0.2, 0.25) is 5.04 Å². The predicted molar refractivity (Wildman–Crippen MR) is 158 cm³/mol. The van der Waals surface area contributed by atoms with Crippen molar-refractivity contribution in [1.29, 1.82) is 0 Å². The van der Waals surface area contributed by atoms with E-state index in [4.69, 9.17) is 4.43 Å². The molecule has 0 bridgehead atoms. The molecule has 3 N–H and O–H groups in total. The highest BCUT2D eigenvalue weighted by atomic mass is 28.4. The molecule has 0 aliphatic heterocycles. The van der Waals surface area contributed by atoms with E-state index in [0.29, 0.717) is 19.4 Å². The topological polar surface area (TPSA) is 69.9 Å². The second-order valence-electron chi connectivity index (χ2n) is 11.3. The zero-order chi connectivity index (χ0) is 27.8. The van der Waals surface area contributed by atoms with Crippen molar-refractivity contribution in [2.24, 2.45) is 5.92 Å². The van der Waals surface area contributed by atoms with Gasteiger partial charge in [0.1, 0.15) is 5.75 Å². The SMILES string of the molecule is CC(C)[C@H](O)CC(=C=CC[C@@H](O)c1ccc(O)cc1)CO[Si](c1ccccc1)(c1ccccc1)C(C)(C)C. The van der Waals surface area contributed by atoms with E-state index < -0.39 is 20.5 Å². The van der Waals surface area contributed by atoms with Crippen LogP contribution in [0.1, 0.15) is 59.1 Å². The van der Waals surface area contributed by atoms with Gasteiger partial charge in [-0.15, -0.1) is 5.73 Å². The number of rotatable bonds is 11. The number of hydrogen-bond acceptors (Lipinski definition) is 4. The summed E-state index contributed by atoms with van der Waals surface area (Å²) in [6, 6.07) is 27.6. The molecule has 38 heavy (non-hydrogen) atoms. The smallest absolute Gasteiger partial charge is 0.261 e. The molecule has 3 aromatic carbocycles. The molecule has 202 valence electrons. The molecule has 4 nitrogen and oxygen atoms in total. The fourth-order valence-electron chi connectivity index (χ4n) is 4.75. The highest BCUT2D eigenvalue weighted by Crippen LogP contribution is 2.37. The summed E-state index contributed by atoms with van der Waals surface area (Å²) in [6.45, 7) is 11.1. The summed E-state index contributed by atoms with van der Waals surface area (Å²) in [6.07, 6.45) is 1.41. The van der Waals surface area contributed by atoms with E-state index >= 15 is 0 Å². The van der Waals surface area contributed by atoms with Gasteiger partial charge in [-0.2, -0.15) is 0 Å². The van der Waals surface area contributed by atoms with E-state index in [0.717, 1.165) is 11.1 Å². The quantitative estimate of drug-likeness (QED) is 0.214. The van der Waals surface area contributed by atoms with Gasteiger partial charge in [-0.1, -0.05) is 107 Å². The first-order chi connectivity index (χ1) is 18.0. The Kier molecular flexibility index (Phi) is 10.3. The number of aliphatic hydroxyl groups is 2. The number of phenols is 1. The molecule has 0 radical (unpaired) electrons. The van der Waals surface area contributed by atoms with E-state index in [2.05, 4.69) is 75.0 Å². The van der Waals surface area contributed by atoms with Gasteiger partial charge in [0.15, 0.2) is 0 Å². The van der Waals surface area contributed by atoms with Crippen molar-refractivity contribution in [3.8, 4) is 5.75 Å². The van der Waals surface area contributed by atoms with Crippen LogP contribution >= 0.6 is 0 Å². The minimum atomic E-state index is -2.74. The van der Waals surface area contributed by atoms with Crippen LogP contribution in [-0.2, 0) is 4.43 Å². The van der Waals surface area contributed by atoms with Crippen LogP contribution in [0.5, 0.6) is 5.75 Å². The summed E-state index contributed by atoms with van der Waals surface area (Å²) in [7, 11) is -2.74. The van der Waals surface area contributed by atoms with Crippen molar-refractivity contribution >= 4 is 18.7 Å². The highest BCUT2D eigenvalue weighted by molar-refractivity contribution is 6.99. The Balaban J connectivity index is 1.97. The minimum absolute atomic E-state index is 0.0993. The average Bonchev–Trinajstić information content (AvgIpc) is 2.89. The summed E-state index contributed by atoms with van der Waals surface area (Å²) < 4.78 is 7.08. The largest absolute Gasteiger partial charge is 0.508 e. The van der Waals surface area contributed by atoms with Gasteiger partial charge in [0.25, 0.3) is 8.32 Å². The normalized spacial score (nSPS) is 13.6. The van der Waals surface area contributed by atoms with Gasteiger partial charge in [0.2, 0.25) is 0 Å². The molecule has 3 aromatic rings. The number of hydrogen-bond donors (Lipinski definition) is 3. The third-order valence-corrected chi connectivity index (χ3v) is 12.0. The van der Waals surface area contributed by atoms with Crippen molar-refractivity contribution in [3.05, 3.63) is 108 Å². The van der Waals surface area contributed by atoms with Crippen LogP contribution in [0.25, 0.3) is 0 Å². The summed E-state index contributed by atoms with van der Waals surface area (Å²) >= 11 is 0. The lowest BCUT2D eigenvalue weighted by molar-refractivity contribution is 0.122. The van der Waals surface area contributed by atoms with Crippen LogP contribution in [0.3, 0.4) is 0 Å². The maximum absolute atomic E-state index is 10.7. The van der Waals surface area contributed by atoms with Gasteiger partial charge in [0, 0.05) is 12.8 Å². The van der Waals surface area contributed by atoms with Crippen molar-refractivity contribution < 1.29 is 19.7 Å². The Labute approximate surface area is 229 Å². The highest BCUT2D eigenvalue weighted by Gasteiger charge is 2.50.